The normalized spacial score (nSPS) is 16.2. The van der Waals surface area contributed by atoms with Crippen molar-refractivity contribution in [1.82, 2.24) is 19.5 Å². The lowest BCUT2D eigenvalue weighted by atomic mass is 10.0. The topological polar surface area (TPSA) is 43.6 Å². The molecule has 2 aromatic carbocycles. The van der Waals surface area contributed by atoms with E-state index in [1.165, 1.54) is 16.9 Å². The SMILES string of the molecule is CC(C)c1ncc(-c2ccc3nc4n(c3c2)[C@@H](c2ccccc2)CC4)cn1. The van der Waals surface area contributed by atoms with E-state index in [2.05, 4.69) is 76.9 Å². The van der Waals surface area contributed by atoms with E-state index in [1.807, 2.05) is 12.4 Å². The van der Waals surface area contributed by atoms with Crippen LogP contribution in [0.2, 0.25) is 0 Å². The van der Waals surface area contributed by atoms with Crippen LogP contribution < -0.4 is 0 Å². The molecule has 5 rings (SSSR count). The van der Waals surface area contributed by atoms with Crippen LogP contribution in [0.3, 0.4) is 0 Å². The molecule has 0 spiro atoms. The summed E-state index contributed by atoms with van der Waals surface area (Å²) in [6.07, 6.45) is 5.99. The summed E-state index contributed by atoms with van der Waals surface area (Å²) in [4.78, 5) is 13.9. The minimum atomic E-state index is 0.339. The van der Waals surface area contributed by atoms with Gasteiger partial charge in [-0.25, -0.2) is 15.0 Å². The Balaban J connectivity index is 1.60. The number of aryl methyl sites for hydroxylation is 1. The molecule has 0 radical (unpaired) electrons. The molecule has 4 heteroatoms. The van der Waals surface area contributed by atoms with Gasteiger partial charge in [0.25, 0.3) is 0 Å². The van der Waals surface area contributed by atoms with Gasteiger partial charge in [-0.1, -0.05) is 50.2 Å². The molecule has 0 saturated heterocycles. The zero-order valence-electron chi connectivity index (χ0n) is 15.6. The maximum Gasteiger partial charge on any atom is 0.130 e. The van der Waals surface area contributed by atoms with Crippen LogP contribution in [0.4, 0.5) is 0 Å². The van der Waals surface area contributed by atoms with Crippen molar-refractivity contribution in [2.75, 3.05) is 0 Å². The van der Waals surface area contributed by atoms with Crippen molar-refractivity contribution in [1.29, 1.82) is 0 Å². The lowest BCUT2D eigenvalue weighted by Crippen LogP contribution is -2.05. The quantitative estimate of drug-likeness (QED) is 0.511. The summed E-state index contributed by atoms with van der Waals surface area (Å²) in [5.41, 5.74) is 5.80. The Morgan fingerprint density at radius 3 is 2.48 bits per heavy atom. The smallest absolute Gasteiger partial charge is 0.130 e. The van der Waals surface area contributed by atoms with Gasteiger partial charge < -0.3 is 4.57 Å². The van der Waals surface area contributed by atoms with Crippen LogP contribution in [-0.2, 0) is 6.42 Å². The van der Waals surface area contributed by atoms with Crippen molar-refractivity contribution >= 4 is 11.0 Å². The second-order valence-corrected chi connectivity index (χ2v) is 7.55. The van der Waals surface area contributed by atoms with Gasteiger partial charge in [-0.3, -0.25) is 0 Å². The minimum absolute atomic E-state index is 0.339. The lowest BCUT2D eigenvalue weighted by Gasteiger charge is -2.15. The highest BCUT2D eigenvalue weighted by atomic mass is 15.1. The van der Waals surface area contributed by atoms with Crippen LogP contribution >= 0.6 is 0 Å². The van der Waals surface area contributed by atoms with Crippen LogP contribution in [0.1, 0.15) is 49.4 Å². The van der Waals surface area contributed by atoms with Crippen molar-refractivity contribution in [3.8, 4) is 11.1 Å². The fourth-order valence-electron chi connectivity index (χ4n) is 4.02. The second-order valence-electron chi connectivity index (χ2n) is 7.55. The fraction of sp³-hybridized carbons (Fsp3) is 0.261. The lowest BCUT2D eigenvalue weighted by molar-refractivity contribution is 0.637. The van der Waals surface area contributed by atoms with Crippen molar-refractivity contribution in [3.05, 3.63) is 78.1 Å². The van der Waals surface area contributed by atoms with E-state index in [1.54, 1.807) is 0 Å². The van der Waals surface area contributed by atoms with E-state index < -0.39 is 0 Å². The van der Waals surface area contributed by atoms with Gasteiger partial charge >= 0.3 is 0 Å². The molecule has 1 aliphatic rings. The van der Waals surface area contributed by atoms with E-state index in [4.69, 9.17) is 4.98 Å². The predicted molar refractivity (Wildman–Crippen MR) is 108 cm³/mol. The van der Waals surface area contributed by atoms with Gasteiger partial charge in [0, 0.05) is 30.3 Å². The van der Waals surface area contributed by atoms with Crippen molar-refractivity contribution in [3.63, 3.8) is 0 Å². The molecule has 1 aliphatic heterocycles. The molecule has 0 amide bonds. The first-order valence-electron chi connectivity index (χ1n) is 9.59. The average Bonchev–Trinajstić information content (AvgIpc) is 3.27. The number of hydrogen-bond acceptors (Lipinski definition) is 3. The highest BCUT2D eigenvalue weighted by molar-refractivity contribution is 5.83. The molecular formula is C23H22N4. The molecule has 134 valence electrons. The third-order valence-electron chi connectivity index (χ3n) is 5.42. The highest BCUT2D eigenvalue weighted by Gasteiger charge is 2.27. The third-order valence-corrected chi connectivity index (χ3v) is 5.42. The molecule has 4 nitrogen and oxygen atoms in total. The summed E-state index contributed by atoms with van der Waals surface area (Å²) in [6, 6.07) is 17.6. The molecule has 0 unspecified atom stereocenters. The summed E-state index contributed by atoms with van der Waals surface area (Å²) < 4.78 is 2.41. The number of imidazole rings is 1. The molecule has 27 heavy (non-hydrogen) atoms. The molecule has 3 heterocycles. The summed E-state index contributed by atoms with van der Waals surface area (Å²) in [5, 5.41) is 0. The largest absolute Gasteiger partial charge is 0.320 e. The molecule has 0 bridgehead atoms. The van der Waals surface area contributed by atoms with Crippen LogP contribution in [0.25, 0.3) is 22.2 Å². The van der Waals surface area contributed by atoms with Crippen molar-refractivity contribution in [2.24, 2.45) is 0 Å². The molecule has 0 fully saturated rings. The van der Waals surface area contributed by atoms with Crippen LogP contribution in [0, 0.1) is 0 Å². The van der Waals surface area contributed by atoms with Gasteiger partial charge in [-0.15, -0.1) is 0 Å². The zero-order valence-corrected chi connectivity index (χ0v) is 15.6. The van der Waals surface area contributed by atoms with Crippen molar-refractivity contribution in [2.45, 2.75) is 38.6 Å². The van der Waals surface area contributed by atoms with E-state index >= 15 is 0 Å². The van der Waals surface area contributed by atoms with E-state index in [9.17, 15) is 0 Å². The molecule has 4 aromatic rings. The number of rotatable bonds is 3. The zero-order chi connectivity index (χ0) is 18.4. The number of hydrogen-bond donors (Lipinski definition) is 0. The molecule has 1 atom stereocenters. The van der Waals surface area contributed by atoms with Gasteiger partial charge in [-0.05, 0) is 29.7 Å². The number of fused-ring (bicyclic) bond motifs is 3. The number of nitrogens with zero attached hydrogens (tertiary/aromatic N) is 4. The first kappa shape index (κ1) is 16.2. The number of aromatic nitrogens is 4. The van der Waals surface area contributed by atoms with Gasteiger partial charge in [0.15, 0.2) is 0 Å². The van der Waals surface area contributed by atoms with Crippen LogP contribution in [0.5, 0.6) is 0 Å². The van der Waals surface area contributed by atoms with E-state index in [0.717, 1.165) is 35.3 Å². The van der Waals surface area contributed by atoms with Gasteiger partial charge in [0.2, 0.25) is 0 Å². The molecule has 0 saturated carbocycles. The minimum Gasteiger partial charge on any atom is -0.320 e. The maximum atomic E-state index is 4.87. The highest BCUT2D eigenvalue weighted by Crippen LogP contribution is 2.36. The Kier molecular flexibility index (Phi) is 3.78. The molecule has 0 N–H and O–H groups in total. The summed E-state index contributed by atoms with van der Waals surface area (Å²) in [6.45, 7) is 4.22. The number of benzene rings is 2. The first-order valence-corrected chi connectivity index (χ1v) is 9.59. The Morgan fingerprint density at radius 2 is 1.74 bits per heavy atom. The van der Waals surface area contributed by atoms with E-state index in [0.29, 0.717) is 12.0 Å². The summed E-state index contributed by atoms with van der Waals surface area (Å²) in [5.74, 6) is 2.41. The van der Waals surface area contributed by atoms with Crippen LogP contribution in [0.15, 0.2) is 60.9 Å². The maximum absolute atomic E-state index is 4.87. The summed E-state index contributed by atoms with van der Waals surface area (Å²) >= 11 is 0. The predicted octanol–water partition coefficient (Wildman–Crippen LogP) is 5.15. The Morgan fingerprint density at radius 1 is 0.963 bits per heavy atom. The average molecular weight is 354 g/mol. The Hall–Kier alpha value is -3.01. The standard InChI is InChI=1S/C23H22N4/c1-15(2)23-24-13-18(14-25-23)17-8-9-19-21(12-17)27-20(10-11-22(27)26-19)16-6-4-3-5-7-16/h3-9,12-15,20H,10-11H2,1-2H3/t20-/m1/s1. The van der Waals surface area contributed by atoms with E-state index in [-0.39, 0.29) is 0 Å². The van der Waals surface area contributed by atoms with Gasteiger partial charge in [-0.2, -0.15) is 0 Å². The molecule has 0 aliphatic carbocycles. The van der Waals surface area contributed by atoms with Gasteiger partial charge in [0.05, 0.1) is 17.1 Å². The van der Waals surface area contributed by atoms with Crippen LogP contribution in [-0.4, -0.2) is 19.5 Å². The fourth-order valence-corrected chi connectivity index (χ4v) is 4.02. The first-order chi connectivity index (χ1) is 13.2. The molecular weight excluding hydrogens is 332 g/mol. The second kappa shape index (κ2) is 6.31. The monoisotopic (exact) mass is 354 g/mol. The van der Waals surface area contributed by atoms with Gasteiger partial charge in [0.1, 0.15) is 11.6 Å². The summed E-state index contributed by atoms with van der Waals surface area (Å²) in [7, 11) is 0. The Labute approximate surface area is 158 Å². The third kappa shape index (κ3) is 2.72. The molecule has 2 aromatic heterocycles. The Bertz CT molecular complexity index is 1090. The van der Waals surface area contributed by atoms with Crippen molar-refractivity contribution < 1.29 is 0 Å².